The lowest BCUT2D eigenvalue weighted by molar-refractivity contribution is 0.431. The highest BCUT2D eigenvalue weighted by atomic mass is 32.2. The van der Waals surface area contributed by atoms with Gasteiger partial charge in [-0.3, -0.25) is 4.72 Å². The lowest BCUT2D eigenvalue weighted by atomic mass is 10.1. The Morgan fingerprint density at radius 2 is 1.83 bits per heavy atom. The first kappa shape index (κ1) is 23.4. The molecule has 182 valence electrons. The minimum atomic E-state index is -4.21. The van der Waals surface area contributed by atoms with Gasteiger partial charge in [-0.2, -0.15) is 4.98 Å². The summed E-state index contributed by atoms with van der Waals surface area (Å²) in [6.45, 7) is 2.44. The second-order valence-corrected chi connectivity index (χ2v) is 9.75. The van der Waals surface area contributed by atoms with Gasteiger partial charge in [0.05, 0.1) is 6.33 Å². The number of hydrogen-bond acceptors (Lipinski definition) is 6. The zero-order valence-corrected chi connectivity index (χ0v) is 19.7. The molecule has 5 rings (SSSR count). The van der Waals surface area contributed by atoms with Gasteiger partial charge in [0.15, 0.2) is 0 Å². The summed E-state index contributed by atoms with van der Waals surface area (Å²) in [5.41, 5.74) is 3.56. The lowest BCUT2D eigenvalue weighted by Crippen LogP contribution is -2.14. The molecule has 0 unspecified atom stereocenters. The van der Waals surface area contributed by atoms with Crippen LogP contribution in [0.1, 0.15) is 11.1 Å². The number of aryl methyl sites for hydroxylation is 1. The standard InChI is InChI=1S/C25H19F2N5O3S/c1-16-3-2-4-18(11-16)24-29-25(35-30-24)22-14-32(15-28-22)13-17-5-8-20(9-6-17)31-36(33,34)23-10-7-19(26)12-21(23)27/h2-12,14-15,31H,13H2,1H3. The molecule has 0 bridgehead atoms. The van der Waals surface area contributed by atoms with Crippen molar-refractivity contribution in [3.8, 4) is 23.0 Å². The van der Waals surface area contributed by atoms with Crippen LogP contribution in [-0.4, -0.2) is 28.1 Å². The monoisotopic (exact) mass is 507 g/mol. The molecule has 0 fully saturated rings. The number of imidazole rings is 1. The molecule has 0 saturated carbocycles. The Labute approximate surface area is 205 Å². The number of sulfonamides is 1. The maximum absolute atomic E-state index is 13.9. The van der Waals surface area contributed by atoms with E-state index in [-0.39, 0.29) is 5.69 Å². The van der Waals surface area contributed by atoms with Crippen molar-refractivity contribution in [3.05, 3.63) is 102 Å². The van der Waals surface area contributed by atoms with Crippen molar-refractivity contribution in [2.24, 2.45) is 0 Å². The molecule has 36 heavy (non-hydrogen) atoms. The predicted octanol–water partition coefficient (Wildman–Crippen LogP) is 5.04. The van der Waals surface area contributed by atoms with E-state index in [1.165, 1.54) is 0 Å². The summed E-state index contributed by atoms with van der Waals surface area (Å²) in [6, 6.07) is 16.6. The number of nitrogens with zero attached hydrogens (tertiary/aromatic N) is 4. The average Bonchev–Trinajstić information content (AvgIpc) is 3.50. The van der Waals surface area contributed by atoms with E-state index in [4.69, 9.17) is 4.52 Å². The second-order valence-electron chi connectivity index (χ2n) is 8.10. The Morgan fingerprint density at radius 3 is 2.58 bits per heavy atom. The molecule has 11 heteroatoms. The molecule has 0 aliphatic carbocycles. The third-order valence-electron chi connectivity index (χ3n) is 5.31. The third-order valence-corrected chi connectivity index (χ3v) is 6.72. The summed E-state index contributed by atoms with van der Waals surface area (Å²) in [4.78, 5) is 8.13. The highest BCUT2D eigenvalue weighted by molar-refractivity contribution is 7.92. The van der Waals surface area contributed by atoms with Gasteiger partial charge in [0.25, 0.3) is 15.9 Å². The molecular formula is C25H19F2N5O3S. The zero-order chi connectivity index (χ0) is 25.3. The molecule has 0 spiro atoms. The van der Waals surface area contributed by atoms with Crippen LogP contribution in [0.4, 0.5) is 14.5 Å². The van der Waals surface area contributed by atoms with Crippen molar-refractivity contribution < 1.29 is 21.7 Å². The van der Waals surface area contributed by atoms with Crippen LogP contribution in [0.25, 0.3) is 23.0 Å². The van der Waals surface area contributed by atoms with Crippen molar-refractivity contribution >= 4 is 15.7 Å². The first-order valence-electron chi connectivity index (χ1n) is 10.8. The molecule has 0 radical (unpaired) electrons. The molecule has 0 saturated heterocycles. The van der Waals surface area contributed by atoms with Crippen molar-refractivity contribution in [1.82, 2.24) is 19.7 Å². The van der Waals surface area contributed by atoms with Gasteiger partial charge in [-0.1, -0.05) is 41.1 Å². The van der Waals surface area contributed by atoms with Crippen molar-refractivity contribution in [2.45, 2.75) is 18.4 Å². The SMILES string of the molecule is Cc1cccc(-c2noc(-c3cn(Cc4ccc(NS(=O)(=O)c5ccc(F)cc5F)cc4)cn3)n2)c1. The van der Waals surface area contributed by atoms with E-state index in [2.05, 4.69) is 19.8 Å². The summed E-state index contributed by atoms with van der Waals surface area (Å²) in [6.07, 6.45) is 3.39. The quantitative estimate of drug-likeness (QED) is 0.331. The topological polar surface area (TPSA) is 103 Å². The van der Waals surface area contributed by atoms with Crippen LogP contribution in [0.2, 0.25) is 0 Å². The fourth-order valence-corrected chi connectivity index (χ4v) is 4.70. The number of anilines is 1. The maximum Gasteiger partial charge on any atom is 0.278 e. The summed E-state index contributed by atoms with van der Waals surface area (Å²) in [5, 5.41) is 4.03. The van der Waals surface area contributed by atoms with Crippen molar-refractivity contribution in [3.63, 3.8) is 0 Å². The van der Waals surface area contributed by atoms with Gasteiger partial charge in [0.2, 0.25) is 5.82 Å². The van der Waals surface area contributed by atoms with E-state index in [1.54, 1.807) is 36.8 Å². The van der Waals surface area contributed by atoms with E-state index in [1.807, 2.05) is 35.8 Å². The second kappa shape index (κ2) is 9.34. The summed E-state index contributed by atoms with van der Waals surface area (Å²) < 4.78 is 61.4. The molecule has 2 aromatic heterocycles. The van der Waals surface area contributed by atoms with Crippen LogP contribution in [-0.2, 0) is 16.6 Å². The molecule has 8 nitrogen and oxygen atoms in total. The fourth-order valence-electron chi connectivity index (χ4n) is 3.58. The Bertz CT molecular complexity index is 1650. The Kier molecular flexibility index (Phi) is 6.06. The van der Waals surface area contributed by atoms with Crippen LogP contribution in [0.15, 0.2) is 88.7 Å². The van der Waals surface area contributed by atoms with Gasteiger partial charge in [0, 0.05) is 30.1 Å². The van der Waals surface area contributed by atoms with E-state index < -0.39 is 26.6 Å². The molecule has 5 aromatic rings. The summed E-state index contributed by atoms with van der Waals surface area (Å²) >= 11 is 0. The summed E-state index contributed by atoms with van der Waals surface area (Å²) in [7, 11) is -4.21. The smallest absolute Gasteiger partial charge is 0.278 e. The van der Waals surface area contributed by atoms with Gasteiger partial charge in [-0.25, -0.2) is 22.2 Å². The zero-order valence-electron chi connectivity index (χ0n) is 18.9. The number of rotatable bonds is 7. The van der Waals surface area contributed by atoms with Crippen molar-refractivity contribution in [2.75, 3.05) is 4.72 Å². The maximum atomic E-state index is 13.9. The number of benzene rings is 3. The fraction of sp³-hybridized carbons (Fsp3) is 0.0800. The molecule has 3 aromatic carbocycles. The number of hydrogen-bond donors (Lipinski definition) is 1. The van der Waals surface area contributed by atoms with Crippen LogP contribution in [0, 0.1) is 18.6 Å². The lowest BCUT2D eigenvalue weighted by Gasteiger charge is -2.10. The Hall–Kier alpha value is -4.38. The normalized spacial score (nSPS) is 11.5. The van der Waals surface area contributed by atoms with Crippen LogP contribution in [0.5, 0.6) is 0 Å². The number of aromatic nitrogens is 4. The van der Waals surface area contributed by atoms with E-state index >= 15 is 0 Å². The Balaban J connectivity index is 1.26. The molecule has 1 N–H and O–H groups in total. The van der Waals surface area contributed by atoms with E-state index in [0.717, 1.165) is 28.8 Å². The van der Waals surface area contributed by atoms with Gasteiger partial charge in [-0.05, 0) is 42.8 Å². The van der Waals surface area contributed by atoms with E-state index in [9.17, 15) is 17.2 Å². The van der Waals surface area contributed by atoms with Gasteiger partial charge < -0.3 is 9.09 Å². The molecule has 2 heterocycles. The minimum Gasteiger partial charge on any atom is -0.332 e. The van der Waals surface area contributed by atoms with Crippen LogP contribution < -0.4 is 4.72 Å². The Morgan fingerprint density at radius 1 is 1.03 bits per heavy atom. The number of nitrogens with one attached hydrogen (secondary N) is 1. The first-order chi connectivity index (χ1) is 17.3. The third kappa shape index (κ3) is 5.01. The van der Waals surface area contributed by atoms with Gasteiger partial charge >= 0.3 is 0 Å². The van der Waals surface area contributed by atoms with Gasteiger partial charge in [0.1, 0.15) is 22.2 Å². The molecule has 0 aliphatic heterocycles. The molecule has 0 amide bonds. The predicted molar refractivity (Wildman–Crippen MR) is 128 cm³/mol. The average molecular weight is 508 g/mol. The highest BCUT2D eigenvalue weighted by Gasteiger charge is 2.20. The molecular weight excluding hydrogens is 488 g/mol. The molecule has 0 aliphatic rings. The first-order valence-corrected chi connectivity index (χ1v) is 12.2. The van der Waals surface area contributed by atoms with E-state index in [0.29, 0.717) is 30.0 Å². The number of halogens is 2. The van der Waals surface area contributed by atoms with Crippen LogP contribution >= 0.6 is 0 Å². The van der Waals surface area contributed by atoms with Crippen molar-refractivity contribution in [1.29, 1.82) is 0 Å². The summed E-state index contributed by atoms with van der Waals surface area (Å²) in [5.74, 6) is -1.25. The van der Waals surface area contributed by atoms with Gasteiger partial charge in [-0.15, -0.1) is 0 Å². The largest absolute Gasteiger partial charge is 0.332 e. The minimum absolute atomic E-state index is 0.239. The molecule has 0 atom stereocenters. The van der Waals surface area contributed by atoms with Crippen LogP contribution in [0.3, 0.4) is 0 Å². The highest BCUT2D eigenvalue weighted by Crippen LogP contribution is 2.23.